The molecular formula is C16H22N4O3. The van der Waals surface area contributed by atoms with Crippen LogP contribution in [0.15, 0.2) is 10.8 Å². The van der Waals surface area contributed by atoms with E-state index in [0.29, 0.717) is 18.7 Å². The summed E-state index contributed by atoms with van der Waals surface area (Å²) < 4.78 is 10.8. The standard InChI is InChI=1S/C16H22N4O3/c1-8(2)13-11(7-22-20-13)6-17-16(21)15-12-5-9(3)23-10(4)14(12)18-19-15/h7-10H,5-6H2,1-4H3,(H,17,21)(H,18,19)/t9-,10+/m0/s1. The maximum Gasteiger partial charge on any atom is 0.272 e. The lowest BCUT2D eigenvalue weighted by Gasteiger charge is -2.25. The van der Waals surface area contributed by atoms with Crippen LogP contribution in [0.2, 0.25) is 0 Å². The van der Waals surface area contributed by atoms with Gasteiger partial charge in [-0.2, -0.15) is 5.10 Å². The number of ether oxygens (including phenoxy) is 1. The molecule has 2 N–H and O–H groups in total. The number of aromatic amines is 1. The number of rotatable bonds is 4. The average molecular weight is 318 g/mol. The van der Waals surface area contributed by atoms with Crippen molar-refractivity contribution in [1.82, 2.24) is 20.7 Å². The topological polar surface area (TPSA) is 93.0 Å². The molecule has 0 unspecified atom stereocenters. The first-order valence-corrected chi connectivity index (χ1v) is 7.91. The van der Waals surface area contributed by atoms with Gasteiger partial charge in [-0.25, -0.2) is 0 Å². The first kappa shape index (κ1) is 15.7. The predicted molar refractivity (Wildman–Crippen MR) is 83.0 cm³/mol. The van der Waals surface area contributed by atoms with Crippen molar-refractivity contribution >= 4 is 5.91 Å². The minimum absolute atomic E-state index is 0.0755. The lowest BCUT2D eigenvalue weighted by molar-refractivity contribution is -0.00697. The summed E-state index contributed by atoms with van der Waals surface area (Å²) in [6.45, 7) is 8.41. The molecule has 2 aromatic rings. The van der Waals surface area contributed by atoms with E-state index in [1.165, 1.54) is 0 Å². The second-order valence-electron chi connectivity index (χ2n) is 6.32. The van der Waals surface area contributed by atoms with Crippen molar-refractivity contribution in [3.05, 3.63) is 34.5 Å². The molecule has 3 heterocycles. The number of fused-ring (bicyclic) bond motifs is 1. The smallest absolute Gasteiger partial charge is 0.272 e. The third-order valence-corrected chi connectivity index (χ3v) is 4.11. The molecule has 0 saturated carbocycles. The molecule has 0 aliphatic carbocycles. The second-order valence-corrected chi connectivity index (χ2v) is 6.32. The van der Waals surface area contributed by atoms with E-state index >= 15 is 0 Å². The summed E-state index contributed by atoms with van der Waals surface area (Å²) in [5.41, 5.74) is 4.04. The van der Waals surface area contributed by atoms with Crippen molar-refractivity contribution in [3.8, 4) is 0 Å². The van der Waals surface area contributed by atoms with Crippen LogP contribution in [0.5, 0.6) is 0 Å². The van der Waals surface area contributed by atoms with Crippen LogP contribution in [0, 0.1) is 0 Å². The highest BCUT2D eigenvalue weighted by Crippen LogP contribution is 2.30. The zero-order valence-corrected chi connectivity index (χ0v) is 13.8. The maximum absolute atomic E-state index is 12.5. The largest absolute Gasteiger partial charge is 0.369 e. The normalized spacial score (nSPS) is 20.6. The fourth-order valence-corrected chi connectivity index (χ4v) is 2.99. The Bertz CT molecular complexity index is 704. The van der Waals surface area contributed by atoms with Gasteiger partial charge in [0.05, 0.1) is 23.6 Å². The Balaban J connectivity index is 1.73. The van der Waals surface area contributed by atoms with Crippen molar-refractivity contribution < 1.29 is 14.1 Å². The summed E-state index contributed by atoms with van der Waals surface area (Å²) in [5, 5.41) is 14.0. The van der Waals surface area contributed by atoms with Gasteiger partial charge in [-0.05, 0) is 19.8 Å². The molecule has 1 aliphatic heterocycles. The van der Waals surface area contributed by atoms with Gasteiger partial charge >= 0.3 is 0 Å². The first-order valence-electron chi connectivity index (χ1n) is 7.91. The summed E-state index contributed by atoms with van der Waals surface area (Å²) in [4.78, 5) is 12.5. The molecule has 0 radical (unpaired) electrons. The fourth-order valence-electron chi connectivity index (χ4n) is 2.99. The van der Waals surface area contributed by atoms with E-state index < -0.39 is 0 Å². The van der Waals surface area contributed by atoms with Gasteiger partial charge in [0.2, 0.25) is 0 Å². The number of aromatic nitrogens is 3. The molecule has 0 aromatic carbocycles. The minimum Gasteiger partial charge on any atom is -0.369 e. The van der Waals surface area contributed by atoms with Crippen LogP contribution in [-0.4, -0.2) is 27.4 Å². The van der Waals surface area contributed by atoms with Gasteiger partial charge in [0, 0.05) is 24.1 Å². The molecule has 2 atom stereocenters. The Morgan fingerprint density at radius 2 is 2.26 bits per heavy atom. The van der Waals surface area contributed by atoms with Crippen LogP contribution >= 0.6 is 0 Å². The maximum atomic E-state index is 12.5. The van der Waals surface area contributed by atoms with E-state index in [2.05, 4.69) is 20.7 Å². The number of nitrogens with zero attached hydrogens (tertiary/aromatic N) is 2. The quantitative estimate of drug-likeness (QED) is 0.903. The summed E-state index contributed by atoms with van der Waals surface area (Å²) in [6, 6.07) is 0. The third kappa shape index (κ3) is 3.01. The molecule has 1 amide bonds. The summed E-state index contributed by atoms with van der Waals surface area (Å²) >= 11 is 0. The van der Waals surface area contributed by atoms with E-state index in [-0.39, 0.29) is 24.0 Å². The molecule has 7 heteroatoms. The van der Waals surface area contributed by atoms with Crippen LogP contribution in [-0.2, 0) is 17.7 Å². The molecule has 23 heavy (non-hydrogen) atoms. The molecule has 0 saturated heterocycles. The third-order valence-electron chi connectivity index (χ3n) is 4.11. The zero-order chi connectivity index (χ0) is 16.6. The van der Waals surface area contributed by atoms with Crippen molar-refractivity contribution in [2.45, 2.75) is 58.8 Å². The molecule has 7 nitrogen and oxygen atoms in total. The average Bonchev–Trinajstić information content (AvgIpc) is 3.10. The van der Waals surface area contributed by atoms with Crippen LogP contribution in [0.4, 0.5) is 0 Å². The number of carbonyl (C=O) groups is 1. The minimum atomic E-state index is -0.195. The summed E-state index contributed by atoms with van der Waals surface area (Å²) in [6.07, 6.45) is 2.26. The van der Waals surface area contributed by atoms with E-state index in [1.807, 2.05) is 27.7 Å². The lowest BCUT2D eigenvalue weighted by atomic mass is 9.99. The molecule has 3 rings (SSSR count). The van der Waals surface area contributed by atoms with Gasteiger partial charge in [0.25, 0.3) is 5.91 Å². The number of hydrogen-bond donors (Lipinski definition) is 2. The SMILES string of the molecule is CC(C)c1nocc1CNC(=O)c1n[nH]c2c1C[C@H](C)O[C@@H]2C. The van der Waals surface area contributed by atoms with E-state index in [9.17, 15) is 4.79 Å². The van der Waals surface area contributed by atoms with E-state index in [4.69, 9.17) is 9.26 Å². The Morgan fingerprint density at radius 3 is 3.00 bits per heavy atom. The van der Waals surface area contributed by atoms with Crippen LogP contribution in [0.25, 0.3) is 0 Å². The van der Waals surface area contributed by atoms with Crippen molar-refractivity contribution in [3.63, 3.8) is 0 Å². The van der Waals surface area contributed by atoms with Crippen LogP contribution in [0.3, 0.4) is 0 Å². The number of carbonyl (C=O) groups excluding carboxylic acids is 1. The first-order chi connectivity index (χ1) is 11.0. The monoisotopic (exact) mass is 318 g/mol. The van der Waals surface area contributed by atoms with Crippen molar-refractivity contribution in [2.75, 3.05) is 0 Å². The van der Waals surface area contributed by atoms with Crippen LogP contribution < -0.4 is 5.32 Å². The molecule has 1 aliphatic rings. The van der Waals surface area contributed by atoms with Gasteiger partial charge in [-0.15, -0.1) is 0 Å². The van der Waals surface area contributed by atoms with Gasteiger partial charge in [-0.3, -0.25) is 9.89 Å². The number of amides is 1. The number of nitrogens with one attached hydrogen (secondary N) is 2. The Morgan fingerprint density at radius 1 is 1.48 bits per heavy atom. The molecular weight excluding hydrogens is 296 g/mol. The van der Waals surface area contributed by atoms with E-state index in [0.717, 1.165) is 22.5 Å². The molecule has 0 fully saturated rings. The number of hydrogen-bond acceptors (Lipinski definition) is 5. The van der Waals surface area contributed by atoms with Gasteiger partial charge < -0.3 is 14.6 Å². The van der Waals surface area contributed by atoms with Crippen LogP contribution in [0.1, 0.15) is 72.7 Å². The van der Waals surface area contributed by atoms with Crippen molar-refractivity contribution in [1.29, 1.82) is 0 Å². The Kier molecular flexibility index (Phi) is 4.21. The highest BCUT2D eigenvalue weighted by Gasteiger charge is 2.29. The summed E-state index contributed by atoms with van der Waals surface area (Å²) in [5.74, 6) is 0.0531. The zero-order valence-electron chi connectivity index (χ0n) is 13.8. The molecule has 0 spiro atoms. The van der Waals surface area contributed by atoms with Crippen molar-refractivity contribution in [2.24, 2.45) is 0 Å². The summed E-state index contributed by atoms with van der Waals surface area (Å²) in [7, 11) is 0. The fraction of sp³-hybridized carbons (Fsp3) is 0.562. The highest BCUT2D eigenvalue weighted by atomic mass is 16.5. The van der Waals surface area contributed by atoms with E-state index in [1.54, 1.807) is 6.26 Å². The molecule has 124 valence electrons. The Labute approximate surface area is 134 Å². The number of H-pyrrole nitrogens is 1. The molecule has 2 aromatic heterocycles. The Hall–Kier alpha value is -2.15. The second kappa shape index (κ2) is 6.16. The lowest BCUT2D eigenvalue weighted by Crippen LogP contribution is -2.27. The predicted octanol–water partition coefficient (Wildman–Crippen LogP) is 2.47. The van der Waals surface area contributed by atoms with Gasteiger partial charge in [0.15, 0.2) is 5.69 Å². The highest BCUT2D eigenvalue weighted by molar-refractivity contribution is 5.94. The van der Waals surface area contributed by atoms with Gasteiger partial charge in [-0.1, -0.05) is 19.0 Å². The molecule has 0 bridgehead atoms. The van der Waals surface area contributed by atoms with Gasteiger partial charge in [0.1, 0.15) is 6.26 Å².